The quantitative estimate of drug-likeness (QED) is 0.880. The molecule has 0 unspecified atom stereocenters. The SMILES string of the molecule is O=C(O)c1ccc2nc(NCCN3CCCCC3)oc2c1. The van der Waals surface area contributed by atoms with Gasteiger partial charge < -0.3 is 19.7 Å². The van der Waals surface area contributed by atoms with E-state index in [-0.39, 0.29) is 5.56 Å². The Morgan fingerprint density at radius 3 is 2.90 bits per heavy atom. The van der Waals surface area contributed by atoms with Crippen LogP contribution in [0.25, 0.3) is 11.1 Å². The number of hydrogen-bond acceptors (Lipinski definition) is 5. The summed E-state index contributed by atoms with van der Waals surface area (Å²) in [5.41, 5.74) is 1.37. The van der Waals surface area contributed by atoms with Gasteiger partial charge in [-0.05, 0) is 44.1 Å². The maximum Gasteiger partial charge on any atom is 0.335 e. The normalized spacial score (nSPS) is 16.2. The summed E-state index contributed by atoms with van der Waals surface area (Å²) < 4.78 is 5.54. The fraction of sp³-hybridized carbons (Fsp3) is 0.467. The lowest BCUT2D eigenvalue weighted by Gasteiger charge is -2.26. The number of oxazole rings is 1. The highest BCUT2D eigenvalue weighted by Gasteiger charge is 2.11. The summed E-state index contributed by atoms with van der Waals surface area (Å²) in [5, 5.41) is 12.1. The van der Waals surface area contributed by atoms with E-state index in [1.807, 2.05) is 0 Å². The van der Waals surface area contributed by atoms with E-state index in [2.05, 4.69) is 15.2 Å². The number of likely N-dealkylation sites (tertiary alicyclic amines) is 1. The first-order valence-corrected chi connectivity index (χ1v) is 7.32. The van der Waals surface area contributed by atoms with Crippen LogP contribution in [0.3, 0.4) is 0 Å². The number of aromatic nitrogens is 1. The van der Waals surface area contributed by atoms with E-state index in [0.717, 1.165) is 26.2 Å². The topological polar surface area (TPSA) is 78.6 Å². The molecule has 1 aliphatic rings. The van der Waals surface area contributed by atoms with Crippen LogP contribution in [0.1, 0.15) is 29.6 Å². The highest BCUT2D eigenvalue weighted by Crippen LogP contribution is 2.20. The number of nitrogens with zero attached hydrogens (tertiary/aromatic N) is 2. The smallest absolute Gasteiger partial charge is 0.335 e. The molecule has 21 heavy (non-hydrogen) atoms. The van der Waals surface area contributed by atoms with Gasteiger partial charge in [-0.25, -0.2) is 4.79 Å². The van der Waals surface area contributed by atoms with Gasteiger partial charge in [-0.2, -0.15) is 4.98 Å². The maximum atomic E-state index is 10.9. The number of fused-ring (bicyclic) bond motifs is 1. The van der Waals surface area contributed by atoms with Crippen molar-refractivity contribution in [3.05, 3.63) is 23.8 Å². The number of rotatable bonds is 5. The van der Waals surface area contributed by atoms with Gasteiger partial charge in [0.05, 0.1) is 5.56 Å². The van der Waals surface area contributed by atoms with Crippen molar-refractivity contribution in [2.45, 2.75) is 19.3 Å². The second-order valence-corrected chi connectivity index (χ2v) is 5.34. The average Bonchev–Trinajstić information content (AvgIpc) is 2.90. The van der Waals surface area contributed by atoms with Crippen LogP contribution in [0.5, 0.6) is 0 Å². The number of carboxylic acids is 1. The number of benzene rings is 1. The molecule has 0 spiro atoms. The Labute approximate surface area is 122 Å². The monoisotopic (exact) mass is 289 g/mol. The molecule has 0 radical (unpaired) electrons. The molecule has 0 aliphatic carbocycles. The lowest BCUT2D eigenvalue weighted by Crippen LogP contribution is -2.33. The Morgan fingerprint density at radius 2 is 2.14 bits per heavy atom. The summed E-state index contributed by atoms with van der Waals surface area (Å²) >= 11 is 0. The Balaban J connectivity index is 1.60. The number of aromatic carboxylic acids is 1. The Kier molecular flexibility index (Phi) is 4.06. The van der Waals surface area contributed by atoms with Crippen molar-refractivity contribution in [1.82, 2.24) is 9.88 Å². The van der Waals surface area contributed by atoms with E-state index in [4.69, 9.17) is 9.52 Å². The number of carboxylic acid groups (broad SMARTS) is 1. The lowest BCUT2D eigenvalue weighted by atomic mass is 10.1. The number of piperidine rings is 1. The van der Waals surface area contributed by atoms with Gasteiger partial charge in [-0.3, -0.25) is 0 Å². The van der Waals surface area contributed by atoms with Gasteiger partial charge in [0.2, 0.25) is 0 Å². The summed E-state index contributed by atoms with van der Waals surface area (Å²) in [6.07, 6.45) is 3.89. The molecule has 2 heterocycles. The van der Waals surface area contributed by atoms with Crippen LogP contribution in [-0.4, -0.2) is 47.1 Å². The second-order valence-electron chi connectivity index (χ2n) is 5.34. The van der Waals surface area contributed by atoms with E-state index in [1.165, 1.54) is 31.4 Å². The zero-order valence-corrected chi connectivity index (χ0v) is 11.8. The predicted molar refractivity (Wildman–Crippen MR) is 79.7 cm³/mol. The molecule has 0 amide bonds. The summed E-state index contributed by atoms with van der Waals surface area (Å²) in [7, 11) is 0. The van der Waals surface area contributed by atoms with Gasteiger partial charge in [-0.1, -0.05) is 6.42 Å². The van der Waals surface area contributed by atoms with Crippen molar-refractivity contribution in [3.63, 3.8) is 0 Å². The molecule has 112 valence electrons. The Morgan fingerprint density at radius 1 is 1.33 bits per heavy atom. The van der Waals surface area contributed by atoms with Crippen molar-refractivity contribution < 1.29 is 14.3 Å². The van der Waals surface area contributed by atoms with Crippen molar-refractivity contribution in [3.8, 4) is 0 Å². The summed E-state index contributed by atoms with van der Waals surface area (Å²) in [4.78, 5) is 17.7. The molecule has 0 atom stereocenters. The van der Waals surface area contributed by atoms with E-state index in [9.17, 15) is 4.79 Å². The Bertz CT molecular complexity index is 632. The molecule has 1 aliphatic heterocycles. The zero-order chi connectivity index (χ0) is 14.7. The third kappa shape index (κ3) is 3.33. The van der Waals surface area contributed by atoms with Crippen molar-refractivity contribution in [2.75, 3.05) is 31.5 Å². The van der Waals surface area contributed by atoms with Crippen LogP contribution in [0.2, 0.25) is 0 Å². The minimum atomic E-state index is -0.965. The molecule has 1 aromatic heterocycles. The molecular formula is C15H19N3O3. The third-order valence-corrected chi connectivity index (χ3v) is 3.79. The van der Waals surface area contributed by atoms with Gasteiger partial charge in [0, 0.05) is 13.1 Å². The van der Waals surface area contributed by atoms with Crippen LogP contribution in [0.4, 0.5) is 6.01 Å². The molecule has 0 saturated carbocycles. The molecule has 1 saturated heterocycles. The van der Waals surface area contributed by atoms with Gasteiger partial charge in [0.15, 0.2) is 5.58 Å². The highest BCUT2D eigenvalue weighted by atomic mass is 16.4. The van der Waals surface area contributed by atoms with Crippen LogP contribution in [0, 0.1) is 0 Å². The molecule has 1 fully saturated rings. The van der Waals surface area contributed by atoms with Crippen LogP contribution >= 0.6 is 0 Å². The van der Waals surface area contributed by atoms with Crippen LogP contribution < -0.4 is 5.32 Å². The van der Waals surface area contributed by atoms with E-state index in [1.54, 1.807) is 6.07 Å². The van der Waals surface area contributed by atoms with E-state index >= 15 is 0 Å². The van der Waals surface area contributed by atoms with Crippen molar-refractivity contribution >= 4 is 23.1 Å². The predicted octanol–water partition coefficient (Wildman–Crippen LogP) is 2.42. The van der Waals surface area contributed by atoms with Crippen LogP contribution in [0.15, 0.2) is 22.6 Å². The third-order valence-electron chi connectivity index (χ3n) is 3.79. The molecule has 0 bridgehead atoms. The van der Waals surface area contributed by atoms with E-state index in [0.29, 0.717) is 17.1 Å². The van der Waals surface area contributed by atoms with Gasteiger partial charge in [-0.15, -0.1) is 0 Å². The van der Waals surface area contributed by atoms with Crippen molar-refractivity contribution in [2.24, 2.45) is 0 Å². The second kappa shape index (κ2) is 6.13. The highest BCUT2D eigenvalue weighted by molar-refractivity contribution is 5.92. The molecule has 2 aromatic rings. The lowest BCUT2D eigenvalue weighted by molar-refractivity contribution is 0.0697. The fourth-order valence-corrected chi connectivity index (χ4v) is 2.64. The first-order chi connectivity index (χ1) is 10.2. The molecule has 1 aromatic carbocycles. The van der Waals surface area contributed by atoms with Gasteiger partial charge in [0.1, 0.15) is 5.52 Å². The minimum Gasteiger partial charge on any atom is -0.478 e. The molecule has 6 nitrogen and oxygen atoms in total. The summed E-state index contributed by atoms with van der Waals surface area (Å²) in [6, 6.07) is 5.15. The average molecular weight is 289 g/mol. The molecular weight excluding hydrogens is 270 g/mol. The van der Waals surface area contributed by atoms with Gasteiger partial charge in [0.25, 0.3) is 6.01 Å². The first kappa shape index (κ1) is 13.9. The zero-order valence-electron chi connectivity index (χ0n) is 11.8. The summed E-state index contributed by atoms with van der Waals surface area (Å²) in [5.74, 6) is -0.965. The van der Waals surface area contributed by atoms with Gasteiger partial charge >= 0.3 is 5.97 Å². The summed E-state index contributed by atoms with van der Waals surface area (Å²) in [6.45, 7) is 4.08. The maximum absolute atomic E-state index is 10.9. The molecule has 3 rings (SSSR count). The molecule has 2 N–H and O–H groups in total. The number of nitrogens with one attached hydrogen (secondary N) is 1. The minimum absolute atomic E-state index is 0.207. The van der Waals surface area contributed by atoms with Crippen LogP contribution in [-0.2, 0) is 0 Å². The first-order valence-electron chi connectivity index (χ1n) is 7.32. The number of hydrogen-bond donors (Lipinski definition) is 2. The fourth-order valence-electron chi connectivity index (χ4n) is 2.64. The van der Waals surface area contributed by atoms with Crippen molar-refractivity contribution in [1.29, 1.82) is 0 Å². The van der Waals surface area contributed by atoms with E-state index < -0.39 is 5.97 Å². The Hall–Kier alpha value is -2.08. The number of anilines is 1. The molecule has 6 heteroatoms. The standard InChI is InChI=1S/C15H19N3O3/c19-14(20)11-4-5-12-13(10-11)21-15(17-12)16-6-9-18-7-2-1-3-8-18/h4-5,10H,1-3,6-9H2,(H,16,17)(H,19,20). The largest absolute Gasteiger partial charge is 0.478 e. The number of carbonyl (C=O) groups is 1.